The van der Waals surface area contributed by atoms with Gasteiger partial charge < -0.3 is 5.32 Å². The molecule has 1 heterocycles. The zero-order valence-electron chi connectivity index (χ0n) is 11.6. The summed E-state index contributed by atoms with van der Waals surface area (Å²) in [6, 6.07) is -0.177. The predicted octanol–water partition coefficient (Wildman–Crippen LogP) is 1.45. The Morgan fingerprint density at radius 2 is 2.00 bits per heavy atom. The lowest BCUT2D eigenvalue weighted by atomic mass is 9.94. The van der Waals surface area contributed by atoms with E-state index in [1.54, 1.807) is 6.92 Å². The fourth-order valence-electron chi connectivity index (χ4n) is 2.97. The van der Waals surface area contributed by atoms with E-state index in [4.69, 9.17) is 0 Å². The van der Waals surface area contributed by atoms with Gasteiger partial charge in [0.25, 0.3) is 0 Å². The summed E-state index contributed by atoms with van der Waals surface area (Å²) in [6.07, 6.45) is 6.48. The van der Waals surface area contributed by atoms with Crippen molar-refractivity contribution in [1.29, 1.82) is 0 Å². The lowest BCUT2D eigenvalue weighted by Crippen LogP contribution is -2.44. The highest BCUT2D eigenvalue weighted by molar-refractivity contribution is 6.05. The number of carbonyl (C=O) groups excluding carboxylic acids is 2. The van der Waals surface area contributed by atoms with E-state index in [0.717, 1.165) is 32.1 Å². The van der Waals surface area contributed by atoms with Crippen molar-refractivity contribution in [2.45, 2.75) is 64.0 Å². The Kier molecular flexibility index (Phi) is 4.98. The number of imide groups is 1. The minimum Gasteiger partial charge on any atom is -0.304 e. The Labute approximate surface area is 114 Å². The molecule has 19 heavy (non-hydrogen) atoms. The molecule has 2 amide bonds. The van der Waals surface area contributed by atoms with Gasteiger partial charge in [-0.15, -0.1) is 11.8 Å². The lowest BCUT2D eigenvalue weighted by Gasteiger charge is -2.29. The normalized spacial score (nSPS) is 24.5. The molecule has 4 heteroatoms. The number of nitrogens with one attached hydrogen (secondary N) is 1. The number of amides is 2. The molecule has 4 nitrogen and oxygen atoms in total. The van der Waals surface area contributed by atoms with Gasteiger partial charge in [-0.25, -0.2) is 0 Å². The number of nitrogens with zero attached hydrogens (tertiary/aromatic N) is 1. The number of likely N-dealkylation sites (tertiary alicyclic amines) is 1. The van der Waals surface area contributed by atoms with Crippen LogP contribution in [0.25, 0.3) is 0 Å². The average molecular weight is 262 g/mol. The minimum atomic E-state index is -0.326. The maximum absolute atomic E-state index is 12.3. The average Bonchev–Trinajstić information content (AvgIpc) is 2.71. The fourth-order valence-corrected chi connectivity index (χ4v) is 2.97. The molecule has 0 aromatic heterocycles. The zero-order chi connectivity index (χ0) is 13.7. The van der Waals surface area contributed by atoms with Gasteiger partial charge in [-0.1, -0.05) is 19.3 Å². The monoisotopic (exact) mass is 262 g/mol. The van der Waals surface area contributed by atoms with E-state index in [-0.39, 0.29) is 23.9 Å². The van der Waals surface area contributed by atoms with Crippen molar-refractivity contribution in [3.05, 3.63) is 0 Å². The van der Waals surface area contributed by atoms with Gasteiger partial charge in [0, 0.05) is 19.0 Å². The zero-order valence-corrected chi connectivity index (χ0v) is 11.6. The molecule has 0 spiro atoms. The van der Waals surface area contributed by atoms with Crippen LogP contribution in [0.1, 0.15) is 51.9 Å². The van der Waals surface area contributed by atoms with E-state index >= 15 is 0 Å². The second-order valence-electron chi connectivity index (χ2n) is 5.28. The van der Waals surface area contributed by atoms with Gasteiger partial charge in [0.1, 0.15) is 0 Å². The van der Waals surface area contributed by atoms with Gasteiger partial charge in [0.2, 0.25) is 11.8 Å². The quantitative estimate of drug-likeness (QED) is 0.474. The van der Waals surface area contributed by atoms with E-state index in [0.29, 0.717) is 13.0 Å². The number of carbonyl (C=O) groups is 2. The van der Waals surface area contributed by atoms with Crippen molar-refractivity contribution in [1.82, 2.24) is 10.2 Å². The third-order valence-corrected chi connectivity index (χ3v) is 3.94. The topological polar surface area (TPSA) is 49.4 Å². The first-order chi connectivity index (χ1) is 9.24. The maximum Gasteiger partial charge on any atom is 0.247 e. The van der Waals surface area contributed by atoms with E-state index in [2.05, 4.69) is 17.2 Å². The molecule has 1 aliphatic carbocycles. The van der Waals surface area contributed by atoms with Gasteiger partial charge in [-0.05, 0) is 19.8 Å². The summed E-state index contributed by atoms with van der Waals surface area (Å²) < 4.78 is 0. The summed E-state index contributed by atoms with van der Waals surface area (Å²) >= 11 is 0. The smallest absolute Gasteiger partial charge is 0.247 e. The third kappa shape index (κ3) is 3.36. The Bertz CT molecular complexity index is 402. The minimum absolute atomic E-state index is 0.00373. The molecular formula is C15H22N2O2. The molecule has 1 aliphatic heterocycles. The molecule has 2 rings (SSSR count). The standard InChI is InChI=1S/C15H22N2O2/c1-2-3-7-10-16-13-11-14(18)17(15(13)19)12-8-5-4-6-9-12/h12-13,16H,4-11H2,1H3. The Morgan fingerprint density at radius 3 is 2.68 bits per heavy atom. The molecule has 0 aromatic rings. The van der Waals surface area contributed by atoms with Crippen molar-refractivity contribution in [2.75, 3.05) is 6.54 Å². The van der Waals surface area contributed by atoms with E-state index in [1.165, 1.54) is 11.3 Å². The Balaban J connectivity index is 1.89. The first-order valence-corrected chi connectivity index (χ1v) is 7.23. The first kappa shape index (κ1) is 14.1. The van der Waals surface area contributed by atoms with Crippen LogP contribution in [0.4, 0.5) is 0 Å². The summed E-state index contributed by atoms with van der Waals surface area (Å²) in [7, 11) is 0. The second-order valence-corrected chi connectivity index (χ2v) is 5.28. The van der Waals surface area contributed by atoms with Gasteiger partial charge in [-0.3, -0.25) is 14.5 Å². The Hall–Kier alpha value is -1.34. The van der Waals surface area contributed by atoms with Gasteiger partial charge in [-0.2, -0.15) is 0 Å². The molecule has 0 radical (unpaired) electrons. The van der Waals surface area contributed by atoms with Crippen LogP contribution in [0.5, 0.6) is 0 Å². The van der Waals surface area contributed by atoms with Crippen molar-refractivity contribution in [3.8, 4) is 11.8 Å². The lowest BCUT2D eigenvalue weighted by molar-refractivity contribution is -0.142. The SMILES string of the molecule is CC#CCCNC1CC(=O)N(C2CCCCC2)C1=O. The van der Waals surface area contributed by atoms with Gasteiger partial charge in [0.15, 0.2) is 0 Å². The first-order valence-electron chi connectivity index (χ1n) is 7.23. The molecule has 2 aliphatic rings. The molecule has 2 fully saturated rings. The highest BCUT2D eigenvalue weighted by Gasteiger charge is 2.41. The molecule has 1 N–H and O–H groups in total. The van der Waals surface area contributed by atoms with Crippen LogP contribution in [0.2, 0.25) is 0 Å². The molecule has 1 atom stereocenters. The van der Waals surface area contributed by atoms with Crippen LogP contribution < -0.4 is 5.32 Å². The number of rotatable bonds is 4. The Morgan fingerprint density at radius 1 is 1.26 bits per heavy atom. The van der Waals surface area contributed by atoms with Crippen LogP contribution in [0.3, 0.4) is 0 Å². The van der Waals surface area contributed by atoms with Crippen LogP contribution in [0.15, 0.2) is 0 Å². The van der Waals surface area contributed by atoms with Crippen molar-refractivity contribution < 1.29 is 9.59 Å². The summed E-state index contributed by atoms with van der Waals surface area (Å²) in [4.78, 5) is 25.8. The van der Waals surface area contributed by atoms with Crippen LogP contribution in [-0.2, 0) is 9.59 Å². The van der Waals surface area contributed by atoms with Crippen LogP contribution in [-0.4, -0.2) is 35.3 Å². The summed E-state index contributed by atoms with van der Waals surface area (Å²) in [5, 5.41) is 3.15. The second kappa shape index (κ2) is 6.72. The summed E-state index contributed by atoms with van der Waals surface area (Å²) in [6.45, 7) is 2.47. The highest BCUT2D eigenvalue weighted by Crippen LogP contribution is 2.27. The maximum atomic E-state index is 12.3. The van der Waals surface area contributed by atoms with Gasteiger partial charge in [0.05, 0.1) is 12.5 Å². The molecule has 0 bridgehead atoms. The fraction of sp³-hybridized carbons (Fsp3) is 0.733. The highest BCUT2D eigenvalue weighted by atomic mass is 16.2. The molecule has 1 saturated carbocycles. The van der Waals surface area contributed by atoms with Crippen LogP contribution in [0, 0.1) is 11.8 Å². The van der Waals surface area contributed by atoms with E-state index < -0.39 is 0 Å². The summed E-state index contributed by atoms with van der Waals surface area (Å²) in [5.74, 6) is 5.74. The molecule has 1 unspecified atom stereocenters. The number of hydrogen-bond acceptors (Lipinski definition) is 3. The van der Waals surface area contributed by atoms with E-state index in [9.17, 15) is 9.59 Å². The molecule has 1 saturated heterocycles. The van der Waals surface area contributed by atoms with Crippen molar-refractivity contribution in [3.63, 3.8) is 0 Å². The van der Waals surface area contributed by atoms with E-state index in [1.807, 2.05) is 0 Å². The number of hydrogen-bond donors (Lipinski definition) is 1. The third-order valence-electron chi connectivity index (χ3n) is 3.94. The largest absolute Gasteiger partial charge is 0.304 e. The van der Waals surface area contributed by atoms with Crippen molar-refractivity contribution in [2.24, 2.45) is 0 Å². The molecule has 0 aromatic carbocycles. The molecule has 104 valence electrons. The molecular weight excluding hydrogens is 240 g/mol. The van der Waals surface area contributed by atoms with Crippen molar-refractivity contribution >= 4 is 11.8 Å². The predicted molar refractivity (Wildman–Crippen MR) is 73.2 cm³/mol. The van der Waals surface area contributed by atoms with Gasteiger partial charge >= 0.3 is 0 Å². The van der Waals surface area contributed by atoms with Crippen LogP contribution >= 0.6 is 0 Å². The summed E-state index contributed by atoms with van der Waals surface area (Å²) in [5.41, 5.74) is 0.